The Hall–Kier alpha value is -1.95. The summed E-state index contributed by atoms with van der Waals surface area (Å²) in [5.41, 5.74) is 1.03. The third-order valence-corrected chi connectivity index (χ3v) is 4.70. The molecular weight excluding hydrogens is 326 g/mol. The van der Waals surface area contributed by atoms with E-state index in [1.54, 1.807) is 12.4 Å². The third-order valence-electron chi connectivity index (χ3n) is 4.50. The molecule has 7 heteroatoms. The van der Waals surface area contributed by atoms with Gasteiger partial charge in [0.25, 0.3) is 0 Å². The molecule has 2 aromatic rings. The summed E-state index contributed by atoms with van der Waals surface area (Å²) in [6.07, 6.45) is 10.1. The minimum Gasteiger partial charge on any atom is -0.487 e. The predicted octanol–water partition coefficient (Wildman–Crippen LogP) is 3.17. The van der Waals surface area contributed by atoms with E-state index in [-0.39, 0.29) is 11.4 Å². The van der Waals surface area contributed by atoms with Crippen LogP contribution < -0.4 is 9.64 Å². The minimum atomic E-state index is 0.116. The zero-order valence-corrected chi connectivity index (χ0v) is 14.8. The van der Waals surface area contributed by atoms with E-state index in [2.05, 4.69) is 38.7 Å². The smallest absolute Gasteiger partial charge is 0.222 e. The van der Waals surface area contributed by atoms with Crippen molar-refractivity contribution in [2.75, 3.05) is 18.0 Å². The molecule has 0 bridgehead atoms. The van der Waals surface area contributed by atoms with E-state index < -0.39 is 0 Å². The van der Waals surface area contributed by atoms with Crippen molar-refractivity contribution in [3.63, 3.8) is 0 Å². The van der Waals surface area contributed by atoms with Gasteiger partial charge < -0.3 is 9.64 Å². The molecule has 1 atom stereocenters. The predicted molar refractivity (Wildman–Crippen MR) is 93.5 cm³/mol. The van der Waals surface area contributed by atoms with Crippen molar-refractivity contribution in [3.8, 4) is 5.75 Å². The van der Waals surface area contributed by atoms with Crippen LogP contribution in [0.5, 0.6) is 5.75 Å². The van der Waals surface area contributed by atoms with E-state index >= 15 is 0 Å². The molecule has 3 heterocycles. The van der Waals surface area contributed by atoms with E-state index in [0.717, 1.165) is 43.9 Å². The van der Waals surface area contributed by atoms with Gasteiger partial charge >= 0.3 is 0 Å². The Labute approximate surface area is 147 Å². The van der Waals surface area contributed by atoms with Crippen molar-refractivity contribution in [2.45, 2.75) is 39.2 Å². The summed E-state index contributed by atoms with van der Waals surface area (Å²) in [5.74, 6) is 2.13. The highest BCUT2D eigenvalue weighted by Gasteiger charge is 2.26. The second-order valence-corrected chi connectivity index (χ2v) is 6.39. The molecule has 0 aliphatic carbocycles. The van der Waals surface area contributed by atoms with Crippen LogP contribution in [0.4, 0.5) is 5.82 Å². The van der Waals surface area contributed by atoms with E-state index in [1.165, 1.54) is 0 Å². The molecule has 0 aromatic carbocycles. The van der Waals surface area contributed by atoms with Crippen molar-refractivity contribution in [1.29, 1.82) is 0 Å². The van der Waals surface area contributed by atoms with Gasteiger partial charge in [-0.1, -0.05) is 6.92 Å². The number of nitrogens with zero attached hydrogens (tertiary/aromatic N) is 5. The fourth-order valence-electron chi connectivity index (χ4n) is 2.96. The van der Waals surface area contributed by atoms with Crippen LogP contribution in [-0.4, -0.2) is 39.1 Å². The maximum absolute atomic E-state index is 5.95. The Balaban J connectivity index is 1.53. The average Bonchev–Trinajstić information content (AvgIpc) is 2.64. The monoisotopic (exact) mass is 347 g/mol. The number of hydrogen-bond donors (Lipinski definition) is 0. The van der Waals surface area contributed by atoms with Gasteiger partial charge in [-0.2, -0.15) is 0 Å². The average molecular weight is 348 g/mol. The van der Waals surface area contributed by atoms with Crippen LogP contribution in [-0.2, 0) is 6.42 Å². The molecule has 0 radical (unpaired) electrons. The number of piperidine rings is 1. The van der Waals surface area contributed by atoms with Crippen LogP contribution in [0.3, 0.4) is 0 Å². The van der Waals surface area contributed by atoms with Crippen LogP contribution in [0.25, 0.3) is 0 Å². The standard InChI is InChI=1S/C17H22ClN5O/c1-3-14-8-20-16(11-19-14)23-6-4-13(5-7-23)12(2)24-15-9-21-17(18)22-10-15/h8-13H,3-7H2,1-2H3. The third kappa shape index (κ3) is 4.12. The van der Waals surface area contributed by atoms with Crippen molar-refractivity contribution in [3.05, 3.63) is 35.8 Å². The zero-order chi connectivity index (χ0) is 16.9. The summed E-state index contributed by atoms with van der Waals surface area (Å²) in [5, 5.41) is 0.235. The highest BCUT2D eigenvalue weighted by Crippen LogP contribution is 2.26. The van der Waals surface area contributed by atoms with Crippen LogP contribution in [0.2, 0.25) is 5.28 Å². The van der Waals surface area contributed by atoms with Gasteiger partial charge in [-0.15, -0.1) is 0 Å². The van der Waals surface area contributed by atoms with E-state index in [4.69, 9.17) is 16.3 Å². The molecule has 1 saturated heterocycles. The molecule has 0 amide bonds. The fourth-order valence-corrected chi connectivity index (χ4v) is 3.06. The molecule has 1 fully saturated rings. The number of rotatable bonds is 5. The van der Waals surface area contributed by atoms with Gasteiger partial charge in [0.2, 0.25) is 5.28 Å². The number of hydrogen-bond acceptors (Lipinski definition) is 6. The second kappa shape index (κ2) is 7.75. The van der Waals surface area contributed by atoms with Gasteiger partial charge in [-0.3, -0.25) is 4.98 Å². The SMILES string of the molecule is CCc1cnc(N2CCC(C(C)Oc3cnc(Cl)nc3)CC2)cn1. The second-order valence-electron chi connectivity index (χ2n) is 6.05. The molecule has 0 saturated carbocycles. The van der Waals surface area contributed by atoms with Gasteiger partial charge in [0.1, 0.15) is 5.82 Å². The molecule has 3 rings (SSSR count). The number of halogens is 1. The molecule has 128 valence electrons. The highest BCUT2D eigenvalue weighted by molar-refractivity contribution is 6.28. The normalized spacial score (nSPS) is 16.9. The summed E-state index contributed by atoms with van der Waals surface area (Å²) in [6, 6.07) is 0. The maximum atomic E-state index is 5.95. The van der Waals surface area contributed by atoms with Crippen molar-refractivity contribution in [1.82, 2.24) is 19.9 Å². The van der Waals surface area contributed by atoms with Crippen molar-refractivity contribution < 1.29 is 4.74 Å². The largest absolute Gasteiger partial charge is 0.487 e. The number of aromatic nitrogens is 4. The Morgan fingerprint density at radius 3 is 2.42 bits per heavy atom. The molecule has 1 aliphatic rings. The molecular formula is C17H22ClN5O. The quantitative estimate of drug-likeness (QED) is 0.774. The molecule has 0 N–H and O–H groups in total. The first-order chi connectivity index (χ1) is 11.7. The molecule has 0 spiro atoms. The lowest BCUT2D eigenvalue weighted by Crippen LogP contribution is -2.39. The molecule has 6 nitrogen and oxygen atoms in total. The number of anilines is 1. The van der Waals surface area contributed by atoms with Crippen LogP contribution >= 0.6 is 11.6 Å². The molecule has 1 unspecified atom stereocenters. The number of aryl methyl sites for hydroxylation is 1. The van der Waals surface area contributed by atoms with Crippen LogP contribution in [0.1, 0.15) is 32.4 Å². The summed E-state index contributed by atoms with van der Waals surface area (Å²) in [7, 11) is 0. The summed E-state index contributed by atoms with van der Waals surface area (Å²) in [4.78, 5) is 19.1. The summed E-state index contributed by atoms with van der Waals surface area (Å²) in [6.45, 7) is 6.12. The summed E-state index contributed by atoms with van der Waals surface area (Å²) < 4.78 is 5.95. The van der Waals surface area contributed by atoms with Gasteiger partial charge in [0, 0.05) is 13.1 Å². The zero-order valence-electron chi connectivity index (χ0n) is 14.0. The van der Waals surface area contributed by atoms with Gasteiger partial charge in [0.15, 0.2) is 5.75 Å². The number of ether oxygens (including phenoxy) is 1. The van der Waals surface area contributed by atoms with E-state index in [1.807, 2.05) is 12.4 Å². The topological polar surface area (TPSA) is 64.0 Å². The first kappa shape index (κ1) is 16.9. The molecule has 24 heavy (non-hydrogen) atoms. The van der Waals surface area contributed by atoms with Crippen LogP contribution in [0, 0.1) is 5.92 Å². The van der Waals surface area contributed by atoms with Crippen molar-refractivity contribution in [2.24, 2.45) is 5.92 Å². The van der Waals surface area contributed by atoms with E-state index in [0.29, 0.717) is 11.7 Å². The lowest BCUT2D eigenvalue weighted by molar-refractivity contribution is 0.132. The lowest BCUT2D eigenvalue weighted by atomic mass is 9.92. The molecule has 1 aliphatic heterocycles. The molecule has 2 aromatic heterocycles. The summed E-state index contributed by atoms with van der Waals surface area (Å²) >= 11 is 5.70. The highest BCUT2D eigenvalue weighted by atomic mass is 35.5. The van der Waals surface area contributed by atoms with Crippen LogP contribution in [0.15, 0.2) is 24.8 Å². The first-order valence-electron chi connectivity index (χ1n) is 8.35. The minimum absolute atomic E-state index is 0.116. The first-order valence-corrected chi connectivity index (χ1v) is 8.73. The maximum Gasteiger partial charge on any atom is 0.222 e. The van der Waals surface area contributed by atoms with E-state index in [9.17, 15) is 0 Å². The van der Waals surface area contributed by atoms with Gasteiger partial charge in [-0.25, -0.2) is 15.0 Å². The Kier molecular flexibility index (Phi) is 5.45. The van der Waals surface area contributed by atoms with Gasteiger partial charge in [0.05, 0.1) is 36.6 Å². The Morgan fingerprint density at radius 2 is 1.83 bits per heavy atom. The Bertz CT molecular complexity index is 641. The Morgan fingerprint density at radius 1 is 1.12 bits per heavy atom. The van der Waals surface area contributed by atoms with Gasteiger partial charge in [-0.05, 0) is 43.7 Å². The fraction of sp³-hybridized carbons (Fsp3) is 0.529. The lowest BCUT2D eigenvalue weighted by Gasteiger charge is -2.35. The van der Waals surface area contributed by atoms with Crippen molar-refractivity contribution >= 4 is 17.4 Å².